The smallest absolute Gasteiger partial charge is 0.184 e. The molecular weight excluding hydrogens is 252 g/mol. The summed E-state index contributed by atoms with van der Waals surface area (Å²) in [4.78, 5) is 0. The molecule has 0 saturated carbocycles. The number of rotatable bonds is 1. The van der Waals surface area contributed by atoms with E-state index in [1.165, 1.54) is 0 Å². The molecule has 19 heavy (non-hydrogen) atoms. The maximum Gasteiger partial charge on any atom is 0.184 e. The summed E-state index contributed by atoms with van der Waals surface area (Å²) in [5, 5.41) is 29.0. The third kappa shape index (κ3) is 2.38. The summed E-state index contributed by atoms with van der Waals surface area (Å²) in [5.41, 5.74) is 0.828. The maximum absolute atomic E-state index is 9.94. The molecule has 6 nitrogen and oxygen atoms in total. The second kappa shape index (κ2) is 5.16. The lowest BCUT2D eigenvalue weighted by molar-refractivity contribution is -0.354. The van der Waals surface area contributed by atoms with Crippen LogP contribution in [-0.2, 0) is 14.2 Å². The van der Waals surface area contributed by atoms with E-state index in [1.54, 1.807) is 0 Å². The van der Waals surface area contributed by atoms with Crippen LogP contribution in [0.3, 0.4) is 0 Å². The minimum absolute atomic E-state index is 0.186. The zero-order chi connectivity index (χ0) is 13.4. The standard InChI is InChI=1S/C13H16O6/c14-9-10(15)12(16)18-8-6-17-13(19-11(8)9)7-4-2-1-3-5-7/h1-5,8-16H,6H2/t8?,9-,10?,11+,12+,13?/m1/s1. The molecule has 6 heteroatoms. The van der Waals surface area contributed by atoms with Crippen LogP contribution in [-0.4, -0.2) is 52.6 Å². The summed E-state index contributed by atoms with van der Waals surface area (Å²) in [6.07, 6.45) is -5.93. The molecule has 0 aromatic heterocycles. The Morgan fingerprint density at radius 2 is 1.68 bits per heavy atom. The van der Waals surface area contributed by atoms with Gasteiger partial charge in [-0.05, 0) is 0 Å². The molecule has 3 rings (SSSR count). The molecule has 0 aliphatic carbocycles. The monoisotopic (exact) mass is 268 g/mol. The van der Waals surface area contributed by atoms with Gasteiger partial charge in [-0.1, -0.05) is 30.3 Å². The number of hydrogen-bond acceptors (Lipinski definition) is 6. The van der Waals surface area contributed by atoms with Crippen molar-refractivity contribution in [2.75, 3.05) is 6.61 Å². The molecule has 3 unspecified atom stereocenters. The molecule has 3 N–H and O–H groups in total. The molecule has 104 valence electrons. The van der Waals surface area contributed by atoms with E-state index in [0.29, 0.717) is 0 Å². The zero-order valence-corrected chi connectivity index (χ0v) is 10.1. The van der Waals surface area contributed by atoms with Crippen LogP contribution in [0.25, 0.3) is 0 Å². The van der Waals surface area contributed by atoms with Crippen LogP contribution in [0.4, 0.5) is 0 Å². The largest absolute Gasteiger partial charge is 0.387 e. The average Bonchev–Trinajstić information content (AvgIpc) is 2.46. The van der Waals surface area contributed by atoms with Gasteiger partial charge < -0.3 is 29.5 Å². The number of hydrogen-bond donors (Lipinski definition) is 3. The summed E-state index contributed by atoms with van der Waals surface area (Å²) in [6, 6.07) is 9.31. The lowest BCUT2D eigenvalue weighted by Gasteiger charge is -2.45. The molecule has 1 aromatic rings. The van der Waals surface area contributed by atoms with Crippen molar-refractivity contribution >= 4 is 0 Å². The summed E-state index contributed by atoms with van der Waals surface area (Å²) in [6.45, 7) is 0.186. The first-order valence-corrected chi connectivity index (χ1v) is 6.18. The van der Waals surface area contributed by atoms with Crippen LogP contribution in [0.15, 0.2) is 30.3 Å². The molecule has 2 fully saturated rings. The normalized spacial score (nSPS) is 42.7. The highest BCUT2D eigenvalue weighted by molar-refractivity contribution is 5.16. The quantitative estimate of drug-likeness (QED) is 0.639. The van der Waals surface area contributed by atoms with E-state index in [0.717, 1.165) is 5.56 Å². The van der Waals surface area contributed by atoms with Crippen molar-refractivity contribution in [1.82, 2.24) is 0 Å². The Balaban J connectivity index is 1.75. The molecule has 2 aliphatic heterocycles. The number of aliphatic hydroxyl groups excluding tert-OH is 3. The Bertz CT molecular complexity index is 422. The van der Waals surface area contributed by atoms with E-state index >= 15 is 0 Å². The number of aliphatic hydroxyl groups is 3. The van der Waals surface area contributed by atoms with Gasteiger partial charge in [0.15, 0.2) is 12.6 Å². The van der Waals surface area contributed by atoms with E-state index in [-0.39, 0.29) is 6.61 Å². The molecule has 2 aliphatic rings. The molecule has 0 bridgehead atoms. The third-order valence-corrected chi connectivity index (χ3v) is 3.42. The van der Waals surface area contributed by atoms with Crippen molar-refractivity contribution in [3.05, 3.63) is 35.9 Å². The number of benzene rings is 1. The number of fused-ring (bicyclic) bond motifs is 1. The second-order valence-electron chi connectivity index (χ2n) is 4.72. The maximum atomic E-state index is 9.94. The van der Waals surface area contributed by atoms with Crippen molar-refractivity contribution in [2.45, 2.75) is 37.0 Å². The second-order valence-corrected chi connectivity index (χ2v) is 4.72. The molecule has 1 aromatic carbocycles. The van der Waals surface area contributed by atoms with E-state index in [4.69, 9.17) is 14.2 Å². The van der Waals surface area contributed by atoms with Gasteiger partial charge in [0.05, 0.1) is 6.61 Å². The van der Waals surface area contributed by atoms with Crippen molar-refractivity contribution in [2.24, 2.45) is 0 Å². The van der Waals surface area contributed by atoms with Crippen molar-refractivity contribution in [3.8, 4) is 0 Å². The van der Waals surface area contributed by atoms with Crippen LogP contribution >= 0.6 is 0 Å². The molecule has 0 radical (unpaired) electrons. The Hall–Kier alpha value is -1.02. The van der Waals surface area contributed by atoms with E-state index in [1.807, 2.05) is 30.3 Å². The van der Waals surface area contributed by atoms with Crippen LogP contribution < -0.4 is 0 Å². The zero-order valence-electron chi connectivity index (χ0n) is 10.1. The SMILES string of the molecule is OC1[C@@H](O)[C@H]2OC(c3ccccc3)OCC2O[C@@H]1O. The van der Waals surface area contributed by atoms with Gasteiger partial charge in [-0.15, -0.1) is 0 Å². The van der Waals surface area contributed by atoms with Gasteiger partial charge in [-0.25, -0.2) is 0 Å². The Labute approximate surface area is 110 Å². The van der Waals surface area contributed by atoms with Gasteiger partial charge in [0.25, 0.3) is 0 Å². The van der Waals surface area contributed by atoms with Crippen molar-refractivity contribution in [3.63, 3.8) is 0 Å². The fourth-order valence-corrected chi connectivity index (χ4v) is 2.37. The van der Waals surface area contributed by atoms with Gasteiger partial charge in [0.1, 0.15) is 24.4 Å². The minimum atomic E-state index is -1.42. The molecule has 0 amide bonds. The molecule has 0 spiro atoms. The van der Waals surface area contributed by atoms with Gasteiger partial charge in [0.2, 0.25) is 0 Å². The van der Waals surface area contributed by atoms with Crippen LogP contribution in [0.2, 0.25) is 0 Å². The summed E-state index contributed by atoms with van der Waals surface area (Å²) in [7, 11) is 0. The predicted molar refractivity (Wildman–Crippen MR) is 62.9 cm³/mol. The molecular formula is C13H16O6. The average molecular weight is 268 g/mol. The lowest BCUT2D eigenvalue weighted by atomic mass is 9.98. The Morgan fingerprint density at radius 3 is 2.42 bits per heavy atom. The Morgan fingerprint density at radius 1 is 0.947 bits per heavy atom. The molecule has 6 atom stereocenters. The molecule has 2 heterocycles. The topological polar surface area (TPSA) is 88.4 Å². The lowest BCUT2D eigenvalue weighted by Crippen LogP contribution is -2.61. The van der Waals surface area contributed by atoms with Gasteiger partial charge in [-0.2, -0.15) is 0 Å². The third-order valence-electron chi connectivity index (χ3n) is 3.42. The van der Waals surface area contributed by atoms with Gasteiger partial charge >= 0.3 is 0 Å². The fourth-order valence-electron chi connectivity index (χ4n) is 2.37. The summed E-state index contributed by atoms with van der Waals surface area (Å²) < 4.78 is 16.3. The first kappa shape index (κ1) is 13.0. The van der Waals surface area contributed by atoms with E-state index < -0.39 is 37.0 Å². The van der Waals surface area contributed by atoms with Crippen LogP contribution in [0.1, 0.15) is 11.9 Å². The highest BCUT2D eigenvalue weighted by Gasteiger charge is 2.48. The van der Waals surface area contributed by atoms with E-state index in [9.17, 15) is 15.3 Å². The fraction of sp³-hybridized carbons (Fsp3) is 0.538. The van der Waals surface area contributed by atoms with E-state index in [2.05, 4.69) is 0 Å². The highest BCUT2D eigenvalue weighted by atomic mass is 16.7. The number of ether oxygens (including phenoxy) is 3. The van der Waals surface area contributed by atoms with Gasteiger partial charge in [-0.3, -0.25) is 0 Å². The van der Waals surface area contributed by atoms with Gasteiger partial charge in [0, 0.05) is 5.56 Å². The van der Waals surface area contributed by atoms with Crippen LogP contribution in [0, 0.1) is 0 Å². The predicted octanol–water partition coefficient (Wildman–Crippen LogP) is -0.460. The Kier molecular flexibility index (Phi) is 3.53. The molecule has 2 saturated heterocycles. The highest BCUT2D eigenvalue weighted by Crippen LogP contribution is 2.33. The van der Waals surface area contributed by atoms with Crippen LogP contribution in [0.5, 0.6) is 0 Å². The first-order chi connectivity index (χ1) is 9.16. The summed E-state index contributed by atoms with van der Waals surface area (Å²) in [5.74, 6) is 0. The minimum Gasteiger partial charge on any atom is -0.387 e. The first-order valence-electron chi connectivity index (χ1n) is 6.18. The van der Waals surface area contributed by atoms with Crippen molar-refractivity contribution < 1.29 is 29.5 Å². The van der Waals surface area contributed by atoms with Crippen molar-refractivity contribution in [1.29, 1.82) is 0 Å². The summed E-state index contributed by atoms with van der Waals surface area (Å²) >= 11 is 0.